The van der Waals surface area contributed by atoms with Crippen molar-refractivity contribution >= 4 is 27.3 Å². The number of methoxy groups -OCH3 is 1. The highest BCUT2D eigenvalue weighted by Gasteiger charge is 2.24. The molecule has 164 valence electrons. The number of hydrogen-bond donors (Lipinski definition) is 1. The van der Waals surface area contributed by atoms with Crippen LogP contribution in [0.3, 0.4) is 0 Å². The van der Waals surface area contributed by atoms with Gasteiger partial charge in [-0.2, -0.15) is 0 Å². The van der Waals surface area contributed by atoms with Gasteiger partial charge in [-0.25, -0.2) is 13.1 Å². The van der Waals surface area contributed by atoms with Crippen LogP contribution in [0.4, 0.5) is 0 Å². The summed E-state index contributed by atoms with van der Waals surface area (Å²) < 4.78 is 30.0. The molecule has 8 heteroatoms. The fraction of sp³-hybridized carbons (Fsp3) is 0.500. The van der Waals surface area contributed by atoms with Crippen LogP contribution in [0.15, 0.2) is 36.4 Å². The lowest BCUT2D eigenvalue weighted by molar-refractivity contribution is 0.0692. The van der Waals surface area contributed by atoms with Crippen LogP contribution in [0.1, 0.15) is 39.4 Å². The largest absolute Gasteiger partial charge is 0.497 e. The summed E-state index contributed by atoms with van der Waals surface area (Å²) in [7, 11) is -1.50. The summed E-state index contributed by atoms with van der Waals surface area (Å²) in [6.07, 6.45) is 6.02. The predicted molar refractivity (Wildman–Crippen MR) is 121 cm³/mol. The molecule has 1 aliphatic rings. The lowest BCUT2D eigenvalue weighted by atomic mass is 9.90. The Hall–Kier alpha value is -1.90. The Morgan fingerprint density at radius 2 is 1.83 bits per heavy atom. The van der Waals surface area contributed by atoms with Crippen molar-refractivity contribution in [3.63, 3.8) is 0 Å². The number of hydrogen-bond acceptors (Lipinski definition) is 5. The van der Waals surface area contributed by atoms with E-state index in [2.05, 4.69) is 16.9 Å². The number of amides is 1. The number of aryl methyl sites for hydroxylation is 1. The standard InChI is InChI=1S/C22H30N2O4S2/c1-28-19-7-5-17(6-8-19)3-4-18-12-15-24(16-13-18)22(25)21-10-9-20(29-21)11-14-23-30(2,26)27/h5-10,18,23H,3-4,11-16H2,1-2H3. The molecule has 1 aliphatic heterocycles. The number of thiophene rings is 1. The summed E-state index contributed by atoms with van der Waals surface area (Å²) in [6, 6.07) is 12.0. The van der Waals surface area contributed by atoms with Crippen molar-refractivity contribution in [3.05, 3.63) is 51.7 Å². The van der Waals surface area contributed by atoms with Crippen LogP contribution in [0, 0.1) is 5.92 Å². The van der Waals surface area contributed by atoms with Crippen LogP contribution in [0.5, 0.6) is 5.75 Å². The minimum absolute atomic E-state index is 0.0935. The molecule has 6 nitrogen and oxygen atoms in total. The first-order valence-electron chi connectivity index (χ1n) is 10.3. The zero-order chi connectivity index (χ0) is 21.6. The van der Waals surface area contributed by atoms with Gasteiger partial charge in [-0.3, -0.25) is 4.79 Å². The van der Waals surface area contributed by atoms with E-state index in [0.29, 0.717) is 18.9 Å². The molecule has 0 atom stereocenters. The average Bonchev–Trinajstić information content (AvgIpc) is 3.20. The van der Waals surface area contributed by atoms with Gasteiger partial charge >= 0.3 is 0 Å². The lowest BCUT2D eigenvalue weighted by Gasteiger charge is -2.31. The number of nitrogens with zero attached hydrogens (tertiary/aromatic N) is 1. The molecule has 30 heavy (non-hydrogen) atoms. The van der Waals surface area contributed by atoms with Crippen LogP contribution in [0.2, 0.25) is 0 Å². The monoisotopic (exact) mass is 450 g/mol. The number of rotatable bonds is 9. The number of benzene rings is 1. The van der Waals surface area contributed by atoms with Gasteiger partial charge in [-0.05, 0) is 67.9 Å². The molecule has 0 bridgehead atoms. The minimum atomic E-state index is -3.18. The normalized spacial score (nSPS) is 15.3. The molecular formula is C22H30N2O4S2. The van der Waals surface area contributed by atoms with Gasteiger partial charge in [-0.15, -0.1) is 11.3 Å². The van der Waals surface area contributed by atoms with Gasteiger partial charge in [0.05, 0.1) is 18.2 Å². The highest BCUT2D eigenvalue weighted by atomic mass is 32.2. The van der Waals surface area contributed by atoms with Crippen LogP contribution in [0.25, 0.3) is 0 Å². The highest BCUT2D eigenvalue weighted by molar-refractivity contribution is 7.88. The molecule has 1 amide bonds. The molecule has 1 aromatic heterocycles. The first-order valence-corrected chi connectivity index (χ1v) is 13.0. The summed E-state index contributed by atoms with van der Waals surface area (Å²) in [6.45, 7) is 1.95. The summed E-state index contributed by atoms with van der Waals surface area (Å²) >= 11 is 1.46. The van der Waals surface area contributed by atoms with Gasteiger partial charge in [-0.1, -0.05) is 12.1 Å². The van der Waals surface area contributed by atoms with Crippen molar-refractivity contribution in [2.45, 2.75) is 32.1 Å². The number of likely N-dealkylation sites (tertiary alicyclic amines) is 1. The van der Waals surface area contributed by atoms with E-state index in [-0.39, 0.29) is 5.91 Å². The average molecular weight is 451 g/mol. The van der Waals surface area contributed by atoms with E-state index in [1.807, 2.05) is 29.2 Å². The van der Waals surface area contributed by atoms with E-state index in [9.17, 15) is 13.2 Å². The molecule has 2 aromatic rings. The second-order valence-corrected chi connectivity index (χ2v) is 10.8. The second kappa shape index (κ2) is 10.4. The lowest BCUT2D eigenvalue weighted by Crippen LogP contribution is -2.38. The minimum Gasteiger partial charge on any atom is -0.497 e. The number of ether oxygens (including phenoxy) is 1. The number of sulfonamides is 1. The Kier molecular flexibility index (Phi) is 7.91. The Morgan fingerprint density at radius 3 is 2.47 bits per heavy atom. The van der Waals surface area contributed by atoms with Crippen LogP contribution < -0.4 is 9.46 Å². The van der Waals surface area contributed by atoms with E-state index in [4.69, 9.17) is 4.74 Å². The molecular weight excluding hydrogens is 420 g/mol. The van der Waals surface area contributed by atoms with Gasteiger partial charge in [0.1, 0.15) is 5.75 Å². The molecule has 1 fully saturated rings. The summed E-state index contributed by atoms with van der Waals surface area (Å²) in [5.41, 5.74) is 1.32. The Balaban J connectivity index is 1.42. The molecule has 2 heterocycles. The van der Waals surface area contributed by atoms with Crippen molar-refractivity contribution < 1.29 is 17.9 Å². The molecule has 0 aliphatic carbocycles. The van der Waals surface area contributed by atoms with Gasteiger partial charge < -0.3 is 9.64 Å². The van der Waals surface area contributed by atoms with Crippen molar-refractivity contribution in [1.82, 2.24) is 9.62 Å². The summed E-state index contributed by atoms with van der Waals surface area (Å²) in [5, 5.41) is 0. The number of carbonyl (C=O) groups excluding carboxylic acids is 1. The first-order chi connectivity index (χ1) is 14.3. The van der Waals surface area contributed by atoms with Gasteiger partial charge in [0, 0.05) is 24.5 Å². The van der Waals surface area contributed by atoms with Gasteiger partial charge in [0.2, 0.25) is 10.0 Å². The predicted octanol–water partition coefficient (Wildman–Crippen LogP) is 3.33. The third kappa shape index (κ3) is 6.82. The van der Waals surface area contributed by atoms with Gasteiger partial charge in [0.15, 0.2) is 0 Å². The number of nitrogens with one attached hydrogen (secondary N) is 1. The Labute approximate surface area is 183 Å². The van der Waals surface area contributed by atoms with E-state index in [1.54, 1.807) is 7.11 Å². The van der Waals surface area contributed by atoms with Crippen LogP contribution in [-0.2, 0) is 22.9 Å². The third-order valence-electron chi connectivity index (χ3n) is 5.51. The first kappa shape index (κ1) is 22.8. The molecule has 0 radical (unpaired) electrons. The fourth-order valence-corrected chi connectivity index (χ4v) is 5.18. The maximum atomic E-state index is 12.8. The van der Waals surface area contributed by atoms with Crippen molar-refractivity contribution in [2.75, 3.05) is 33.0 Å². The van der Waals surface area contributed by atoms with E-state index in [0.717, 1.165) is 60.5 Å². The number of piperidine rings is 1. The van der Waals surface area contributed by atoms with E-state index in [1.165, 1.54) is 16.9 Å². The molecule has 3 rings (SSSR count). The zero-order valence-electron chi connectivity index (χ0n) is 17.6. The van der Waals surface area contributed by atoms with Crippen molar-refractivity contribution in [2.24, 2.45) is 5.92 Å². The maximum absolute atomic E-state index is 12.8. The Bertz CT molecular complexity index is 930. The molecule has 1 N–H and O–H groups in total. The summed E-state index contributed by atoms with van der Waals surface area (Å²) in [5.74, 6) is 1.63. The Morgan fingerprint density at radius 1 is 1.13 bits per heavy atom. The van der Waals surface area contributed by atoms with Crippen molar-refractivity contribution in [1.29, 1.82) is 0 Å². The molecule has 0 unspecified atom stereocenters. The SMILES string of the molecule is COc1ccc(CCC2CCN(C(=O)c3ccc(CCNS(C)(=O)=O)s3)CC2)cc1. The molecule has 0 spiro atoms. The fourth-order valence-electron chi connectivity index (χ4n) is 3.73. The second-order valence-electron chi connectivity index (χ2n) is 7.80. The summed E-state index contributed by atoms with van der Waals surface area (Å²) in [4.78, 5) is 16.5. The third-order valence-corrected chi connectivity index (χ3v) is 7.37. The number of carbonyl (C=O) groups is 1. The molecule has 0 saturated carbocycles. The quantitative estimate of drug-likeness (QED) is 0.636. The topological polar surface area (TPSA) is 75.7 Å². The van der Waals surface area contributed by atoms with Crippen LogP contribution >= 0.6 is 11.3 Å². The van der Waals surface area contributed by atoms with E-state index < -0.39 is 10.0 Å². The van der Waals surface area contributed by atoms with Gasteiger partial charge in [0.25, 0.3) is 5.91 Å². The van der Waals surface area contributed by atoms with Crippen LogP contribution in [-0.4, -0.2) is 52.2 Å². The zero-order valence-corrected chi connectivity index (χ0v) is 19.2. The maximum Gasteiger partial charge on any atom is 0.263 e. The van der Waals surface area contributed by atoms with E-state index >= 15 is 0 Å². The van der Waals surface area contributed by atoms with Crippen molar-refractivity contribution in [3.8, 4) is 5.75 Å². The molecule has 1 saturated heterocycles. The molecule has 1 aromatic carbocycles. The highest BCUT2D eigenvalue weighted by Crippen LogP contribution is 2.26. The smallest absolute Gasteiger partial charge is 0.263 e.